The Morgan fingerprint density at radius 1 is 1.20 bits per heavy atom. The molecule has 0 saturated heterocycles. The molecule has 78 valence electrons. The Morgan fingerprint density at radius 2 is 2.07 bits per heavy atom. The summed E-state index contributed by atoms with van der Waals surface area (Å²) in [6.45, 7) is 0.657. The molecule has 2 N–H and O–H groups in total. The molecule has 1 heterocycles. The van der Waals surface area contributed by atoms with E-state index < -0.39 is 0 Å². The average molecular weight is 221 g/mol. The summed E-state index contributed by atoms with van der Waals surface area (Å²) >= 11 is 5.95. The van der Waals surface area contributed by atoms with Crippen LogP contribution in [0.4, 0.5) is 0 Å². The number of nitrogens with zero attached hydrogens (tertiary/aromatic N) is 1. The topological polar surface area (TPSA) is 30.9 Å². The van der Waals surface area contributed by atoms with Crippen LogP contribution >= 0.6 is 11.6 Å². The molecule has 0 aliphatic carbocycles. The van der Waals surface area contributed by atoms with Gasteiger partial charge in [-0.25, -0.2) is 0 Å². The van der Waals surface area contributed by atoms with Gasteiger partial charge in [0, 0.05) is 29.0 Å². The largest absolute Gasteiger partial charge is 0.330 e. The molecule has 0 fully saturated rings. The molecule has 0 aliphatic rings. The van der Waals surface area contributed by atoms with Crippen LogP contribution in [0.5, 0.6) is 0 Å². The Kier molecular flexibility index (Phi) is 3.09. The summed E-state index contributed by atoms with van der Waals surface area (Å²) in [7, 11) is 0. The van der Waals surface area contributed by atoms with Crippen LogP contribution in [-0.2, 0) is 6.42 Å². The van der Waals surface area contributed by atoms with Crippen LogP contribution in [0.15, 0.2) is 42.6 Å². The zero-order valence-corrected chi connectivity index (χ0v) is 9.11. The minimum absolute atomic E-state index is 0.657. The van der Waals surface area contributed by atoms with E-state index in [1.807, 2.05) is 36.5 Å². The molecule has 0 spiro atoms. The predicted molar refractivity (Wildman–Crippen MR) is 63.5 cm³/mol. The smallest absolute Gasteiger partial charge is 0.0467 e. The lowest BCUT2D eigenvalue weighted by Crippen LogP contribution is -2.07. The fraction of sp³-hybridized carbons (Fsp3) is 0.167. The number of benzene rings is 1. The van der Waals surface area contributed by atoms with Crippen molar-refractivity contribution in [2.45, 2.75) is 6.42 Å². The summed E-state index contributed by atoms with van der Waals surface area (Å²) in [5, 5.41) is 0.750. The molecule has 0 bridgehead atoms. The molecular weight excluding hydrogens is 208 g/mol. The Bertz CT molecular complexity index is 448. The van der Waals surface area contributed by atoms with E-state index in [1.54, 1.807) is 0 Å². The fourth-order valence-corrected chi connectivity index (χ4v) is 1.83. The molecule has 1 aromatic heterocycles. The Hall–Kier alpha value is -1.25. The lowest BCUT2D eigenvalue weighted by atomic mass is 10.2. The standard InChI is InChI=1S/C12H13ClN2/c13-10-3-1-4-12(9-10)15-8-2-5-11(15)6-7-14/h1-5,8-9H,6-7,14H2. The van der Waals surface area contributed by atoms with Crippen molar-refractivity contribution in [2.75, 3.05) is 6.54 Å². The van der Waals surface area contributed by atoms with Gasteiger partial charge in [-0.05, 0) is 36.9 Å². The summed E-state index contributed by atoms with van der Waals surface area (Å²) in [6, 6.07) is 11.9. The maximum atomic E-state index is 5.95. The fourth-order valence-electron chi connectivity index (χ4n) is 1.65. The highest BCUT2D eigenvalue weighted by molar-refractivity contribution is 6.30. The molecule has 0 atom stereocenters. The number of hydrogen-bond acceptors (Lipinski definition) is 1. The second-order valence-electron chi connectivity index (χ2n) is 3.39. The van der Waals surface area contributed by atoms with E-state index in [2.05, 4.69) is 10.6 Å². The molecule has 15 heavy (non-hydrogen) atoms. The summed E-state index contributed by atoms with van der Waals surface area (Å²) in [4.78, 5) is 0. The van der Waals surface area contributed by atoms with Crippen LogP contribution in [0.25, 0.3) is 5.69 Å². The zero-order chi connectivity index (χ0) is 10.7. The molecular formula is C12H13ClN2. The van der Waals surface area contributed by atoms with Gasteiger partial charge in [-0.1, -0.05) is 17.7 Å². The maximum Gasteiger partial charge on any atom is 0.0467 e. The molecule has 3 heteroatoms. The molecule has 2 aromatic rings. The van der Waals surface area contributed by atoms with E-state index in [9.17, 15) is 0 Å². The minimum atomic E-state index is 0.657. The highest BCUT2D eigenvalue weighted by Crippen LogP contribution is 2.17. The third-order valence-electron chi connectivity index (χ3n) is 2.32. The van der Waals surface area contributed by atoms with Crippen LogP contribution in [0.2, 0.25) is 5.02 Å². The number of hydrogen-bond donors (Lipinski definition) is 1. The van der Waals surface area contributed by atoms with Gasteiger partial charge in [0.1, 0.15) is 0 Å². The van der Waals surface area contributed by atoms with Crippen LogP contribution in [0, 0.1) is 0 Å². The average Bonchev–Trinajstić information content (AvgIpc) is 2.66. The first-order chi connectivity index (χ1) is 7.31. The summed E-state index contributed by atoms with van der Waals surface area (Å²) in [5.41, 5.74) is 7.84. The van der Waals surface area contributed by atoms with Crippen molar-refractivity contribution >= 4 is 11.6 Å². The Labute approximate surface area is 94.3 Å². The molecule has 2 rings (SSSR count). The van der Waals surface area contributed by atoms with Crippen molar-refractivity contribution < 1.29 is 0 Å². The molecule has 0 saturated carbocycles. The lowest BCUT2D eigenvalue weighted by molar-refractivity contribution is 0.874. The summed E-state index contributed by atoms with van der Waals surface area (Å²) < 4.78 is 2.11. The third kappa shape index (κ3) is 2.22. The van der Waals surface area contributed by atoms with Crippen LogP contribution < -0.4 is 5.73 Å². The van der Waals surface area contributed by atoms with E-state index >= 15 is 0 Å². The molecule has 0 aliphatic heterocycles. The van der Waals surface area contributed by atoms with Gasteiger partial charge in [0.05, 0.1) is 0 Å². The normalized spacial score (nSPS) is 10.5. The van der Waals surface area contributed by atoms with E-state index in [1.165, 1.54) is 5.69 Å². The first kappa shape index (κ1) is 10.3. The van der Waals surface area contributed by atoms with Crippen LogP contribution in [-0.4, -0.2) is 11.1 Å². The minimum Gasteiger partial charge on any atom is -0.330 e. The monoisotopic (exact) mass is 220 g/mol. The van der Waals surface area contributed by atoms with Crippen molar-refractivity contribution in [2.24, 2.45) is 5.73 Å². The maximum absolute atomic E-state index is 5.95. The van der Waals surface area contributed by atoms with Gasteiger partial charge in [0.15, 0.2) is 0 Å². The van der Waals surface area contributed by atoms with Gasteiger partial charge in [-0.2, -0.15) is 0 Å². The first-order valence-electron chi connectivity index (χ1n) is 4.93. The number of aromatic nitrogens is 1. The second-order valence-corrected chi connectivity index (χ2v) is 3.82. The van der Waals surface area contributed by atoms with Crippen LogP contribution in [0.1, 0.15) is 5.69 Å². The first-order valence-corrected chi connectivity index (χ1v) is 5.31. The molecule has 0 unspecified atom stereocenters. The van der Waals surface area contributed by atoms with Crippen molar-refractivity contribution in [1.82, 2.24) is 4.57 Å². The van der Waals surface area contributed by atoms with Crippen LogP contribution in [0.3, 0.4) is 0 Å². The van der Waals surface area contributed by atoms with Gasteiger partial charge in [-0.15, -0.1) is 0 Å². The van der Waals surface area contributed by atoms with Gasteiger partial charge in [0.25, 0.3) is 0 Å². The highest BCUT2D eigenvalue weighted by Gasteiger charge is 2.02. The van der Waals surface area contributed by atoms with Crippen molar-refractivity contribution in [3.05, 3.63) is 53.3 Å². The second kappa shape index (κ2) is 4.51. The van der Waals surface area contributed by atoms with E-state index in [4.69, 9.17) is 17.3 Å². The van der Waals surface area contributed by atoms with E-state index in [0.29, 0.717) is 6.54 Å². The Balaban J connectivity index is 2.40. The Morgan fingerprint density at radius 3 is 2.80 bits per heavy atom. The SMILES string of the molecule is NCCc1cccn1-c1cccc(Cl)c1. The molecule has 2 nitrogen and oxygen atoms in total. The summed E-state index contributed by atoms with van der Waals surface area (Å²) in [5.74, 6) is 0. The van der Waals surface area contributed by atoms with E-state index in [0.717, 1.165) is 17.1 Å². The van der Waals surface area contributed by atoms with Gasteiger partial charge in [0.2, 0.25) is 0 Å². The number of nitrogens with two attached hydrogens (primary N) is 1. The third-order valence-corrected chi connectivity index (χ3v) is 2.56. The number of rotatable bonds is 3. The van der Waals surface area contributed by atoms with Gasteiger partial charge >= 0.3 is 0 Å². The molecule has 0 radical (unpaired) electrons. The number of halogens is 1. The zero-order valence-electron chi connectivity index (χ0n) is 8.36. The highest BCUT2D eigenvalue weighted by atomic mass is 35.5. The van der Waals surface area contributed by atoms with Crippen molar-refractivity contribution in [3.8, 4) is 5.69 Å². The summed E-state index contributed by atoms with van der Waals surface area (Å²) in [6.07, 6.45) is 2.90. The van der Waals surface area contributed by atoms with Gasteiger partial charge < -0.3 is 10.3 Å². The molecule has 0 amide bonds. The molecule has 1 aromatic carbocycles. The van der Waals surface area contributed by atoms with Gasteiger partial charge in [-0.3, -0.25) is 0 Å². The van der Waals surface area contributed by atoms with Crippen molar-refractivity contribution in [3.63, 3.8) is 0 Å². The quantitative estimate of drug-likeness (QED) is 0.847. The van der Waals surface area contributed by atoms with Crippen molar-refractivity contribution in [1.29, 1.82) is 0 Å². The van der Waals surface area contributed by atoms with E-state index in [-0.39, 0.29) is 0 Å². The predicted octanol–water partition coefficient (Wildman–Crippen LogP) is 2.63. The lowest BCUT2D eigenvalue weighted by Gasteiger charge is -2.08.